The average Bonchev–Trinajstić information content (AvgIpc) is 2.45. The Balaban J connectivity index is -0.0000000917. The monoisotopic (exact) mass is 302 g/mol. The summed E-state index contributed by atoms with van der Waals surface area (Å²) in [5, 5.41) is 53.8. The number of aliphatic carboxylic acids is 1. The molecular weight excluding hydrogens is 276 g/mol. The summed E-state index contributed by atoms with van der Waals surface area (Å²) in [4.78, 5) is 19.8. The van der Waals surface area contributed by atoms with Gasteiger partial charge in [-0.1, -0.05) is 0 Å². The summed E-state index contributed by atoms with van der Waals surface area (Å²) in [7, 11) is 0. The molecule has 0 unspecified atom stereocenters. The molecule has 9 nitrogen and oxygen atoms in total. The van der Waals surface area contributed by atoms with Crippen molar-refractivity contribution < 1.29 is 45.3 Å². The van der Waals surface area contributed by atoms with Crippen molar-refractivity contribution in [2.45, 2.75) is 19.8 Å². The molecule has 0 bridgehead atoms. The Morgan fingerprint density at radius 1 is 0.650 bits per heavy atom. The van der Waals surface area contributed by atoms with Crippen LogP contribution in [-0.2, 0) is 9.59 Å². The van der Waals surface area contributed by atoms with Gasteiger partial charge in [0, 0.05) is 6.42 Å². The Kier molecular flexibility index (Phi) is 41.9. The van der Waals surface area contributed by atoms with Crippen molar-refractivity contribution in [3.8, 4) is 0 Å². The third-order valence-corrected chi connectivity index (χ3v) is 0.991. The van der Waals surface area contributed by atoms with Gasteiger partial charge < -0.3 is 40.5 Å². The Bertz CT molecular complexity index is 155. The van der Waals surface area contributed by atoms with Gasteiger partial charge in [0.25, 0.3) is 0 Å². The maximum atomic E-state index is 10.1. The second-order valence-electron chi connectivity index (χ2n) is 2.94. The first-order valence-electron chi connectivity index (χ1n) is 5.74. The Hall–Kier alpha value is -1.10. The lowest BCUT2D eigenvalue weighted by Crippen LogP contribution is -1.98. The van der Waals surface area contributed by atoms with E-state index in [2.05, 4.69) is 0 Å². The molecule has 9 heteroatoms. The highest BCUT2D eigenvalue weighted by Crippen LogP contribution is 1.87. The van der Waals surface area contributed by atoms with E-state index in [4.69, 9.17) is 35.7 Å². The zero-order valence-electron chi connectivity index (χ0n) is 11.6. The molecular formula is C11H26O9. The highest BCUT2D eigenvalue weighted by molar-refractivity contribution is 5.80. The van der Waals surface area contributed by atoms with Crippen molar-refractivity contribution in [2.24, 2.45) is 0 Å². The van der Waals surface area contributed by atoms with Crippen molar-refractivity contribution in [1.82, 2.24) is 0 Å². The van der Waals surface area contributed by atoms with E-state index in [0.29, 0.717) is 0 Å². The topological polar surface area (TPSA) is 176 Å². The lowest BCUT2D eigenvalue weighted by molar-refractivity contribution is -0.138. The summed E-state index contributed by atoms with van der Waals surface area (Å²) >= 11 is 0. The number of Topliss-reactive ketones (excluding diaryl/α,β-unsaturated/α-hetero) is 1. The predicted octanol–water partition coefficient (Wildman–Crippen LogP) is -2.65. The van der Waals surface area contributed by atoms with E-state index in [1.54, 1.807) is 0 Å². The van der Waals surface area contributed by atoms with Gasteiger partial charge in [-0.3, -0.25) is 4.79 Å². The molecule has 0 fully saturated rings. The maximum absolute atomic E-state index is 10.1. The molecule has 0 heterocycles. The first-order chi connectivity index (χ1) is 9.37. The number of carboxylic acid groups (broad SMARTS) is 1. The summed E-state index contributed by atoms with van der Waals surface area (Å²) in [6, 6.07) is 0. The minimum Gasteiger partial charge on any atom is -0.481 e. The molecule has 0 aliphatic carbocycles. The van der Waals surface area contributed by atoms with Gasteiger partial charge in [-0.05, 0) is 6.92 Å². The summed E-state index contributed by atoms with van der Waals surface area (Å²) in [5.41, 5.74) is 0. The molecule has 0 saturated heterocycles. The molecule has 124 valence electrons. The number of aliphatic hydroxyl groups excluding tert-OH is 6. The van der Waals surface area contributed by atoms with Crippen molar-refractivity contribution in [3.05, 3.63) is 0 Å². The van der Waals surface area contributed by atoms with Gasteiger partial charge in [0.1, 0.15) is 5.78 Å². The minimum absolute atomic E-state index is 0.0463. The molecule has 0 atom stereocenters. The van der Waals surface area contributed by atoms with E-state index in [9.17, 15) is 9.59 Å². The van der Waals surface area contributed by atoms with Crippen LogP contribution in [0.3, 0.4) is 0 Å². The van der Waals surface area contributed by atoms with Gasteiger partial charge in [-0.15, -0.1) is 0 Å². The molecule has 0 spiro atoms. The van der Waals surface area contributed by atoms with Crippen LogP contribution in [0.15, 0.2) is 0 Å². The van der Waals surface area contributed by atoms with Crippen LogP contribution >= 0.6 is 0 Å². The van der Waals surface area contributed by atoms with E-state index in [1.165, 1.54) is 6.92 Å². The zero-order valence-corrected chi connectivity index (χ0v) is 11.6. The molecule has 7 N–H and O–H groups in total. The number of rotatable bonds is 6. The molecule has 0 aromatic rings. The quantitative estimate of drug-likeness (QED) is 0.276. The van der Waals surface area contributed by atoms with E-state index in [-0.39, 0.29) is 58.3 Å². The van der Waals surface area contributed by atoms with E-state index < -0.39 is 5.97 Å². The summed E-state index contributed by atoms with van der Waals surface area (Å²) in [5.74, 6) is -0.993. The minimum atomic E-state index is -0.916. The van der Waals surface area contributed by atoms with Crippen molar-refractivity contribution in [1.29, 1.82) is 0 Å². The molecule has 0 aliphatic heterocycles. The molecule has 0 saturated carbocycles. The van der Waals surface area contributed by atoms with Crippen molar-refractivity contribution in [3.63, 3.8) is 0 Å². The maximum Gasteiger partial charge on any atom is 0.303 e. The molecule has 20 heavy (non-hydrogen) atoms. The predicted molar refractivity (Wildman–Crippen MR) is 70.1 cm³/mol. The Labute approximate surface area is 117 Å². The number of ketones is 1. The molecule has 0 rings (SSSR count). The average molecular weight is 302 g/mol. The van der Waals surface area contributed by atoms with Gasteiger partial charge in [0.05, 0.1) is 46.1 Å². The summed E-state index contributed by atoms with van der Waals surface area (Å²) < 4.78 is 0. The van der Waals surface area contributed by atoms with Crippen LogP contribution in [-0.4, -0.2) is 87.1 Å². The van der Waals surface area contributed by atoms with Crippen LogP contribution in [0.2, 0.25) is 0 Å². The van der Waals surface area contributed by atoms with Crippen LogP contribution in [0, 0.1) is 0 Å². The van der Waals surface area contributed by atoms with Gasteiger partial charge in [0.15, 0.2) is 0 Å². The molecule has 0 amide bonds. The van der Waals surface area contributed by atoms with Crippen molar-refractivity contribution in [2.75, 3.05) is 39.6 Å². The van der Waals surface area contributed by atoms with Crippen LogP contribution in [0.25, 0.3) is 0 Å². The van der Waals surface area contributed by atoms with Gasteiger partial charge in [-0.2, -0.15) is 0 Å². The van der Waals surface area contributed by atoms with Crippen LogP contribution < -0.4 is 0 Å². The van der Waals surface area contributed by atoms with Crippen LogP contribution in [0.1, 0.15) is 19.8 Å². The number of aliphatic hydroxyl groups is 6. The lowest BCUT2D eigenvalue weighted by Gasteiger charge is -1.86. The van der Waals surface area contributed by atoms with Crippen LogP contribution in [0.5, 0.6) is 0 Å². The fraction of sp³-hybridized carbons (Fsp3) is 0.818. The third-order valence-electron chi connectivity index (χ3n) is 0.991. The standard InChI is InChI=1S/C5H8O3.3C2H6O2/c1-4(6)2-3-5(7)8;3*3-1-2-4/h2-3H2,1H3,(H,7,8);3*3-4H,1-2H2. The first kappa shape index (κ1) is 27.3. The highest BCUT2D eigenvalue weighted by atomic mass is 16.4. The number of carbonyl (C=O) groups excluding carboxylic acids is 1. The Morgan fingerprint density at radius 2 is 0.900 bits per heavy atom. The Morgan fingerprint density at radius 3 is 0.950 bits per heavy atom. The fourth-order valence-electron chi connectivity index (χ4n) is 0.283. The molecule has 0 radical (unpaired) electrons. The zero-order chi connectivity index (χ0) is 16.8. The number of hydrogen-bond acceptors (Lipinski definition) is 8. The SMILES string of the molecule is CC(=O)CCC(=O)O.OCCO.OCCO.OCCO. The number of carbonyl (C=O) groups is 2. The van der Waals surface area contributed by atoms with Gasteiger partial charge in [0.2, 0.25) is 0 Å². The van der Waals surface area contributed by atoms with E-state index in [0.717, 1.165) is 0 Å². The molecule has 0 aliphatic rings. The first-order valence-corrected chi connectivity index (χ1v) is 5.74. The smallest absolute Gasteiger partial charge is 0.303 e. The number of hydrogen-bond donors (Lipinski definition) is 7. The second kappa shape index (κ2) is 30.7. The third kappa shape index (κ3) is 89.7. The fourth-order valence-corrected chi connectivity index (χ4v) is 0.283. The lowest BCUT2D eigenvalue weighted by atomic mass is 10.2. The van der Waals surface area contributed by atoms with Gasteiger partial charge >= 0.3 is 5.97 Å². The van der Waals surface area contributed by atoms with E-state index in [1.807, 2.05) is 0 Å². The largest absolute Gasteiger partial charge is 0.481 e. The van der Waals surface area contributed by atoms with Crippen LogP contribution in [0.4, 0.5) is 0 Å². The summed E-state index contributed by atoms with van der Waals surface area (Å²) in [6.07, 6.45) is 0.102. The van der Waals surface area contributed by atoms with Gasteiger partial charge in [-0.25, -0.2) is 0 Å². The normalized spacial score (nSPS) is 7.95. The second-order valence-corrected chi connectivity index (χ2v) is 2.94. The highest BCUT2D eigenvalue weighted by Gasteiger charge is 1.97. The summed E-state index contributed by atoms with van der Waals surface area (Å²) in [6.45, 7) is 0.628. The van der Waals surface area contributed by atoms with E-state index >= 15 is 0 Å². The molecule has 0 aromatic heterocycles. The number of carboxylic acids is 1. The molecule has 0 aromatic carbocycles. The van der Waals surface area contributed by atoms with Crippen molar-refractivity contribution >= 4 is 11.8 Å².